The second-order valence-corrected chi connectivity index (χ2v) is 2.45. The van der Waals surface area contributed by atoms with Gasteiger partial charge in [0, 0.05) is 0 Å². The molecule has 0 N–H and O–H groups in total. The van der Waals surface area contributed by atoms with Crippen LogP contribution in [0.15, 0.2) is 0 Å². The number of rotatable bonds is 2. The minimum absolute atomic E-state index is 0.204. The minimum Gasteiger partial charge on any atom is -0.198 e. The lowest BCUT2D eigenvalue weighted by molar-refractivity contribution is 0.454. The molecule has 0 aliphatic rings. The monoisotopic (exact) mass is 151 g/mol. The van der Waals surface area contributed by atoms with Gasteiger partial charge in [0.1, 0.15) is 0 Å². The van der Waals surface area contributed by atoms with Gasteiger partial charge in [-0.2, -0.15) is 10.1 Å². The van der Waals surface area contributed by atoms with Crippen molar-refractivity contribution in [3.8, 4) is 6.07 Å². The Labute approximate surface area is 64.6 Å². The Balaban J connectivity index is 2.75. The van der Waals surface area contributed by atoms with Crippen molar-refractivity contribution in [3.05, 3.63) is 5.82 Å². The van der Waals surface area contributed by atoms with Crippen LogP contribution >= 0.6 is 0 Å². The zero-order valence-corrected chi connectivity index (χ0v) is 6.52. The maximum Gasteiger partial charge on any atom is 0.188 e. The van der Waals surface area contributed by atoms with Gasteiger partial charge in [0.15, 0.2) is 5.82 Å². The van der Waals surface area contributed by atoms with E-state index in [0.717, 1.165) is 0 Å². The molecule has 0 aromatic carbocycles. The third-order valence-electron chi connectivity index (χ3n) is 1.17. The number of nitriles is 1. The second-order valence-electron chi connectivity index (χ2n) is 2.45. The molecule has 0 spiro atoms. The molecule has 1 aromatic rings. The van der Waals surface area contributed by atoms with Gasteiger partial charge in [-0.05, 0) is 19.1 Å². The summed E-state index contributed by atoms with van der Waals surface area (Å²) in [6, 6.07) is 2.16. The molecule has 0 saturated heterocycles. The number of tetrazole rings is 1. The zero-order valence-electron chi connectivity index (χ0n) is 6.52. The molecule has 0 unspecified atom stereocenters. The summed E-state index contributed by atoms with van der Waals surface area (Å²) in [6.07, 6.45) is 0.229. The molecule has 58 valence electrons. The fourth-order valence-electron chi connectivity index (χ4n) is 0.616. The Morgan fingerprint density at radius 2 is 2.36 bits per heavy atom. The van der Waals surface area contributed by atoms with E-state index in [2.05, 4.69) is 15.4 Å². The van der Waals surface area contributed by atoms with Gasteiger partial charge in [0.05, 0.1) is 18.5 Å². The fourth-order valence-corrected chi connectivity index (χ4v) is 0.616. The van der Waals surface area contributed by atoms with Crippen molar-refractivity contribution >= 4 is 0 Å². The lowest BCUT2D eigenvalue weighted by Crippen LogP contribution is -2.04. The summed E-state index contributed by atoms with van der Waals surface area (Å²) in [5.41, 5.74) is 0. The first-order valence-electron chi connectivity index (χ1n) is 3.39. The summed E-state index contributed by atoms with van der Waals surface area (Å²) >= 11 is 0. The Bertz CT molecular complexity index is 269. The van der Waals surface area contributed by atoms with Crippen LogP contribution in [0, 0.1) is 11.3 Å². The quantitative estimate of drug-likeness (QED) is 0.610. The highest BCUT2D eigenvalue weighted by Crippen LogP contribution is 1.97. The zero-order chi connectivity index (χ0) is 8.27. The molecule has 0 radical (unpaired) electrons. The Morgan fingerprint density at radius 3 is 2.82 bits per heavy atom. The lowest BCUT2D eigenvalue weighted by atomic mass is 10.4. The molecule has 1 rings (SSSR count). The third-order valence-corrected chi connectivity index (χ3v) is 1.17. The summed E-state index contributed by atoms with van der Waals surface area (Å²) in [4.78, 5) is 1.49. The van der Waals surface area contributed by atoms with Crippen LogP contribution in [0.1, 0.15) is 25.7 Å². The molecule has 0 saturated carbocycles. The van der Waals surface area contributed by atoms with Gasteiger partial charge < -0.3 is 0 Å². The van der Waals surface area contributed by atoms with Gasteiger partial charge in [0.25, 0.3) is 0 Å². The normalized spacial score (nSPS) is 10.0. The molecular weight excluding hydrogens is 142 g/mol. The molecule has 1 aromatic heterocycles. The van der Waals surface area contributed by atoms with E-state index in [4.69, 9.17) is 5.26 Å². The van der Waals surface area contributed by atoms with Crippen LogP contribution in [0.25, 0.3) is 0 Å². The summed E-state index contributed by atoms with van der Waals surface area (Å²) in [5, 5.41) is 19.7. The van der Waals surface area contributed by atoms with Crippen LogP contribution in [0.2, 0.25) is 0 Å². The van der Waals surface area contributed by atoms with E-state index in [1.165, 1.54) is 4.80 Å². The first-order valence-corrected chi connectivity index (χ1v) is 3.39. The number of nitrogens with zero attached hydrogens (tertiary/aromatic N) is 5. The fraction of sp³-hybridized carbons (Fsp3) is 0.667. The molecular formula is C6H9N5. The Kier molecular flexibility index (Phi) is 2.16. The molecule has 0 aliphatic heterocycles. The first-order chi connectivity index (χ1) is 5.24. The van der Waals surface area contributed by atoms with E-state index in [1.807, 2.05) is 19.9 Å². The van der Waals surface area contributed by atoms with Crippen molar-refractivity contribution in [2.45, 2.75) is 26.3 Å². The van der Waals surface area contributed by atoms with E-state index in [0.29, 0.717) is 5.82 Å². The average Bonchev–Trinajstić information content (AvgIpc) is 2.37. The summed E-state index contributed by atoms with van der Waals surface area (Å²) in [5.74, 6) is 0.487. The van der Waals surface area contributed by atoms with Crippen LogP contribution in [0.4, 0.5) is 0 Å². The van der Waals surface area contributed by atoms with Crippen molar-refractivity contribution in [2.24, 2.45) is 0 Å². The minimum atomic E-state index is 0.204. The predicted octanol–water partition coefficient (Wildman–Crippen LogP) is 0.320. The van der Waals surface area contributed by atoms with Crippen molar-refractivity contribution in [2.75, 3.05) is 0 Å². The third kappa shape index (κ3) is 1.74. The molecule has 11 heavy (non-hydrogen) atoms. The number of hydrogen-bond donors (Lipinski definition) is 0. The van der Waals surface area contributed by atoms with E-state index in [-0.39, 0.29) is 12.5 Å². The van der Waals surface area contributed by atoms with Crippen molar-refractivity contribution in [1.82, 2.24) is 20.2 Å². The van der Waals surface area contributed by atoms with Gasteiger partial charge in [0.2, 0.25) is 0 Å². The molecule has 0 bridgehead atoms. The lowest BCUT2D eigenvalue weighted by Gasteiger charge is -1.98. The molecule has 0 fully saturated rings. The van der Waals surface area contributed by atoms with Crippen LogP contribution in [0.5, 0.6) is 0 Å². The van der Waals surface area contributed by atoms with E-state index in [9.17, 15) is 0 Å². The van der Waals surface area contributed by atoms with Gasteiger partial charge in [-0.1, -0.05) is 0 Å². The Hall–Kier alpha value is -1.44. The first kappa shape index (κ1) is 7.66. The number of aromatic nitrogens is 4. The molecule has 1 heterocycles. The highest BCUT2D eigenvalue weighted by atomic mass is 15.6. The van der Waals surface area contributed by atoms with Gasteiger partial charge in [-0.3, -0.25) is 0 Å². The smallest absolute Gasteiger partial charge is 0.188 e. The van der Waals surface area contributed by atoms with E-state index >= 15 is 0 Å². The number of hydrogen-bond acceptors (Lipinski definition) is 4. The van der Waals surface area contributed by atoms with E-state index < -0.39 is 0 Å². The highest BCUT2D eigenvalue weighted by molar-refractivity contribution is 4.89. The summed E-state index contributed by atoms with van der Waals surface area (Å²) in [6.45, 7) is 3.91. The largest absolute Gasteiger partial charge is 0.198 e. The van der Waals surface area contributed by atoms with Crippen molar-refractivity contribution in [1.29, 1.82) is 5.26 Å². The van der Waals surface area contributed by atoms with Crippen LogP contribution in [-0.2, 0) is 6.42 Å². The summed E-state index contributed by atoms with van der Waals surface area (Å²) < 4.78 is 0. The average molecular weight is 151 g/mol. The van der Waals surface area contributed by atoms with Crippen molar-refractivity contribution in [3.63, 3.8) is 0 Å². The second kappa shape index (κ2) is 3.10. The van der Waals surface area contributed by atoms with Gasteiger partial charge >= 0.3 is 0 Å². The van der Waals surface area contributed by atoms with Crippen molar-refractivity contribution < 1.29 is 0 Å². The van der Waals surface area contributed by atoms with Crippen LogP contribution in [-0.4, -0.2) is 20.2 Å². The topological polar surface area (TPSA) is 67.4 Å². The van der Waals surface area contributed by atoms with Gasteiger partial charge in [-0.15, -0.1) is 10.2 Å². The molecule has 5 heteroatoms. The Morgan fingerprint density at radius 1 is 1.64 bits per heavy atom. The molecule has 0 atom stereocenters. The SMILES string of the molecule is CC(C)n1nnc(CC#N)n1. The standard InChI is InChI=1S/C6H9N5/c1-5(2)11-9-6(3-4-7)8-10-11/h5H,3H2,1-2H3. The summed E-state index contributed by atoms with van der Waals surface area (Å²) in [7, 11) is 0. The maximum absolute atomic E-state index is 8.30. The maximum atomic E-state index is 8.30. The van der Waals surface area contributed by atoms with Crippen LogP contribution in [0.3, 0.4) is 0 Å². The predicted molar refractivity (Wildman–Crippen MR) is 37.5 cm³/mol. The molecule has 0 amide bonds. The highest BCUT2D eigenvalue weighted by Gasteiger charge is 2.03. The van der Waals surface area contributed by atoms with E-state index in [1.54, 1.807) is 0 Å². The van der Waals surface area contributed by atoms with Crippen LogP contribution < -0.4 is 0 Å². The molecule has 0 aliphatic carbocycles. The molecule has 5 nitrogen and oxygen atoms in total. The van der Waals surface area contributed by atoms with Gasteiger partial charge in [-0.25, -0.2) is 0 Å².